The number of nitrogens with one attached hydrogen (secondary N) is 1. The molecule has 1 N–H and O–H groups in total. The van der Waals surface area contributed by atoms with Gasteiger partial charge in [-0.3, -0.25) is 4.79 Å². The molecular formula is C10H11BrN2O. The molecule has 1 aliphatic heterocycles. The van der Waals surface area contributed by atoms with Crippen molar-refractivity contribution >= 4 is 27.5 Å². The summed E-state index contributed by atoms with van der Waals surface area (Å²) in [6.07, 6.45) is 1.55. The summed E-state index contributed by atoms with van der Waals surface area (Å²) in [6, 6.07) is 7.69. The van der Waals surface area contributed by atoms with Gasteiger partial charge in [0.15, 0.2) is 0 Å². The number of rotatable bonds is 1. The van der Waals surface area contributed by atoms with E-state index >= 15 is 0 Å². The SMILES string of the molecule is O=C1CCCNN1c1ccc(Br)cc1. The minimum Gasteiger partial charge on any atom is -0.273 e. The van der Waals surface area contributed by atoms with Crippen molar-refractivity contribution in [2.75, 3.05) is 11.6 Å². The molecule has 0 atom stereocenters. The van der Waals surface area contributed by atoms with Gasteiger partial charge in [-0.2, -0.15) is 0 Å². The highest BCUT2D eigenvalue weighted by molar-refractivity contribution is 9.10. The summed E-state index contributed by atoms with van der Waals surface area (Å²) in [7, 11) is 0. The van der Waals surface area contributed by atoms with Crippen molar-refractivity contribution in [3.05, 3.63) is 28.7 Å². The van der Waals surface area contributed by atoms with Crippen LogP contribution < -0.4 is 10.4 Å². The predicted octanol–water partition coefficient (Wildman–Crippen LogP) is 2.08. The van der Waals surface area contributed by atoms with Crippen molar-refractivity contribution in [3.8, 4) is 0 Å². The molecule has 14 heavy (non-hydrogen) atoms. The van der Waals surface area contributed by atoms with Gasteiger partial charge in [0.05, 0.1) is 5.69 Å². The quantitative estimate of drug-likeness (QED) is 0.833. The summed E-state index contributed by atoms with van der Waals surface area (Å²) < 4.78 is 1.02. The van der Waals surface area contributed by atoms with E-state index in [0.29, 0.717) is 6.42 Å². The monoisotopic (exact) mass is 254 g/mol. The topological polar surface area (TPSA) is 32.3 Å². The van der Waals surface area contributed by atoms with Crippen LogP contribution in [-0.2, 0) is 4.79 Å². The van der Waals surface area contributed by atoms with E-state index < -0.39 is 0 Å². The molecule has 74 valence electrons. The van der Waals surface area contributed by atoms with E-state index in [0.717, 1.165) is 23.1 Å². The Morgan fingerprint density at radius 3 is 2.64 bits per heavy atom. The molecule has 1 aromatic carbocycles. The van der Waals surface area contributed by atoms with Crippen LogP contribution in [0.15, 0.2) is 28.7 Å². The first-order valence-corrected chi connectivity index (χ1v) is 5.39. The van der Waals surface area contributed by atoms with Crippen LogP contribution in [0.4, 0.5) is 5.69 Å². The Morgan fingerprint density at radius 2 is 2.00 bits per heavy atom. The van der Waals surface area contributed by atoms with Crippen LogP contribution in [0.2, 0.25) is 0 Å². The first-order chi connectivity index (χ1) is 6.77. The fraction of sp³-hybridized carbons (Fsp3) is 0.300. The van der Waals surface area contributed by atoms with Gasteiger partial charge in [0.2, 0.25) is 5.91 Å². The molecule has 0 aliphatic carbocycles. The van der Waals surface area contributed by atoms with E-state index in [4.69, 9.17) is 0 Å². The van der Waals surface area contributed by atoms with Gasteiger partial charge in [-0.05, 0) is 30.7 Å². The van der Waals surface area contributed by atoms with E-state index in [1.807, 2.05) is 24.3 Å². The minimum absolute atomic E-state index is 0.138. The summed E-state index contributed by atoms with van der Waals surface area (Å²) in [5.74, 6) is 0.138. The van der Waals surface area contributed by atoms with E-state index in [1.54, 1.807) is 5.01 Å². The second-order valence-electron chi connectivity index (χ2n) is 3.22. The van der Waals surface area contributed by atoms with Gasteiger partial charge in [-0.15, -0.1) is 0 Å². The third kappa shape index (κ3) is 1.96. The number of hydrogen-bond acceptors (Lipinski definition) is 2. The summed E-state index contributed by atoms with van der Waals surface area (Å²) >= 11 is 3.36. The van der Waals surface area contributed by atoms with Gasteiger partial charge >= 0.3 is 0 Å². The number of hydrogen-bond donors (Lipinski definition) is 1. The first-order valence-electron chi connectivity index (χ1n) is 4.59. The molecule has 1 saturated heterocycles. The van der Waals surface area contributed by atoms with Gasteiger partial charge in [-0.25, -0.2) is 10.4 Å². The second kappa shape index (κ2) is 4.11. The maximum absolute atomic E-state index is 11.5. The average molecular weight is 255 g/mol. The molecule has 3 nitrogen and oxygen atoms in total. The molecule has 1 aromatic rings. The van der Waals surface area contributed by atoms with Gasteiger partial charge in [0.1, 0.15) is 0 Å². The molecule has 1 fully saturated rings. The Hall–Kier alpha value is -0.870. The van der Waals surface area contributed by atoms with Crippen LogP contribution >= 0.6 is 15.9 Å². The molecule has 0 radical (unpaired) electrons. The fourth-order valence-electron chi connectivity index (χ4n) is 1.46. The lowest BCUT2D eigenvalue weighted by Crippen LogP contribution is -2.47. The summed E-state index contributed by atoms with van der Waals surface area (Å²) in [6.45, 7) is 0.863. The van der Waals surface area contributed by atoms with Gasteiger partial charge < -0.3 is 0 Å². The van der Waals surface area contributed by atoms with E-state index in [2.05, 4.69) is 21.4 Å². The zero-order valence-electron chi connectivity index (χ0n) is 7.66. The molecular weight excluding hydrogens is 244 g/mol. The summed E-state index contributed by atoms with van der Waals surface area (Å²) in [5, 5.41) is 1.62. The highest BCUT2D eigenvalue weighted by Crippen LogP contribution is 2.19. The summed E-state index contributed by atoms with van der Waals surface area (Å²) in [5.41, 5.74) is 3.97. The number of carbonyl (C=O) groups is 1. The lowest BCUT2D eigenvalue weighted by Gasteiger charge is -2.27. The van der Waals surface area contributed by atoms with Crippen LogP contribution in [0.3, 0.4) is 0 Å². The third-order valence-electron chi connectivity index (χ3n) is 2.17. The fourth-order valence-corrected chi connectivity index (χ4v) is 1.72. The lowest BCUT2D eigenvalue weighted by molar-refractivity contribution is -0.120. The third-order valence-corrected chi connectivity index (χ3v) is 2.70. The van der Waals surface area contributed by atoms with Crippen LogP contribution in [0.1, 0.15) is 12.8 Å². The Labute approximate surface area is 91.2 Å². The van der Waals surface area contributed by atoms with Crippen molar-refractivity contribution in [1.29, 1.82) is 0 Å². The van der Waals surface area contributed by atoms with Crippen molar-refractivity contribution in [2.45, 2.75) is 12.8 Å². The van der Waals surface area contributed by atoms with Gasteiger partial charge in [0.25, 0.3) is 0 Å². The minimum atomic E-state index is 0.138. The molecule has 1 aliphatic rings. The Balaban J connectivity index is 2.20. The Bertz CT molecular complexity index is 336. The molecule has 2 rings (SSSR count). The number of halogens is 1. The number of hydrazine groups is 1. The maximum Gasteiger partial charge on any atom is 0.241 e. The van der Waals surface area contributed by atoms with Crippen molar-refractivity contribution in [2.24, 2.45) is 0 Å². The highest BCUT2D eigenvalue weighted by atomic mass is 79.9. The molecule has 0 bridgehead atoms. The smallest absolute Gasteiger partial charge is 0.241 e. The van der Waals surface area contributed by atoms with Crippen LogP contribution in [0, 0.1) is 0 Å². The van der Waals surface area contributed by atoms with Gasteiger partial charge in [-0.1, -0.05) is 15.9 Å². The number of amides is 1. The number of carbonyl (C=O) groups excluding carboxylic acids is 1. The standard InChI is InChI=1S/C10H11BrN2O/c11-8-3-5-9(6-4-8)13-10(14)2-1-7-12-13/h3-6,12H,1-2,7H2. The summed E-state index contributed by atoms with van der Waals surface area (Å²) in [4.78, 5) is 11.5. The van der Waals surface area contributed by atoms with E-state index in [1.165, 1.54) is 0 Å². The second-order valence-corrected chi connectivity index (χ2v) is 4.13. The van der Waals surface area contributed by atoms with E-state index in [-0.39, 0.29) is 5.91 Å². The van der Waals surface area contributed by atoms with Crippen LogP contribution in [0.25, 0.3) is 0 Å². The average Bonchev–Trinajstić information content (AvgIpc) is 2.20. The lowest BCUT2D eigenvalue weighted by atomic mass is 10.2. The normalized spacial score (nSPS) is 17.2. The van der Waals surface area contributed by atoms with Crippen LogP contribution in [0.5, 0.6) is 0 Å². The Morgan fingerprint density at radius 1 is 1.29 bits per heavy atom. The number of benzene rings is 1. The maximum atomic E-state index is 11.5. The van der Waals surface area contributed by atoms with Crippen molar-refractivity contribution in [1.82, 2.24) is 5.43 Å². The highest BCUT2D eigenvalue weighted by Gasteiger charge is 2.18. The molecule has 1 heterocycles. The van der Waals surface area contributed by atoms with Crippen molar-refractivity contribution < 1.29 is 4.79 Å². The molecule has 0 aromatic heterocycles. The zero-order chi connectivity index (χ0) is 9.97. The molecule has 1 amide bonds. The predicted molar refractivity (Wildman–Crippen MR) is 58.9 cm³/mol. The Kier molecular flexibility index (Phi) is 2.84. The van der Waals surface area contributed by atoms with Gasteiger partial charge in [0, 0.05) is 17.4 Å². The molecule has 0 spiro atoms. The zero-order valence-corrected chi connectivity index (χ0v) is 9.25. The van der Waals surface area contributed by atoms with Crippen LogP contribution in [-0.4, -0.2) is 12.5 Å². The number of nitrogens with zero attached hydrogens (tertiary/aromatic N) is 1. The number of anilines is 1. The largest absolute Gasteiger partial charge is 0.273 e. The van der Waals surface area contributed by atoms with E-state index in [9.17, 15) is 4.79 Å². The molecule has 0 unspecified atom stereocenters. The first kappa shape index (κ1) is 9.68. The van der Waals surface area contributed by atoms with Crippen molar-refractivity contribution in [3.63, 3.8) is 0 Å². The molecule has 0 saturated carbocycles. The molecule has 4 heteroatoms.